The molecule has 2 aliphatic heterocycles. The molecule has 2 N–H and O–H groups in total. The van der Waals surface area contributed by atoms with E-state index in [-0.39, 0.29) is 30.0 Å². The molecule has 2 aliphatic rings. The van der Waals surface area contributed by atoms with Crippen molar-refractivity contribution < 1.29 is 9.53 Å². The Bertz CT molecular complexity index is 249. The summed E-state index contributed by atoms with van der Waals surface area (Å²) in [5, 5.41) is 6.26. The Morgan fingerprint density at radius 1 is 1.47 bits per heavy atom. The molecule has 1 amide bonds. The van der Waals surface area contributed by atoms with E-state index in [0.29, 0.717) is 6.54 Å². The summed E-state index contributed by atoms with van der Waals surface area (Å²) in [6.45, 7) is 4.51. The van der Waals surface area contributed by atoms with Crippen molar-refractivity contribution in [2.45, 2.75) is 50.7 Å². The van der Waals surface area contributed by atoms with Crippen molar-refractivity contribution >= 4 is 18.3 Å². The molecule has 0 spiro atoms. The minimum absolute atomic E-state index is 0. The van der Waals surface area contributed by atoms with Gasteiger partial charge in [-0.15, -0.1) is 12.4 Å². The highest BCUT2D eigenvalue weighted by Crippen LogP contribution is 2.23. The van der Waals surface area contributed by atoms with Crippen molar-refractivity contribution in [2.24, 2.45) is 0 Å². The van der Waals surface area contributed by atoms with Gasteiger partial charge in [-0.25, -0.2) is 0 Å². The van der Waals surface area contributed by atoms with E-state index in [4.69, 9.17) is 4.74 Å². The molecule has 0 aromatic rings. The second kappa shape index (κ2) is 6.57. The third kappa shape index (κ3) is 4.12. The molecule has 0 aromatic heterocycles. The average Bonchev–Trinajstić information content (AvgIpc) is 2.75. The maximum Gasteiger partial charge on any atom is 0.237 e. The summed E-state index contributed by atoms with van der Waals surface area (Å²) >= 11 is 0. The van der Waals surface area contributed by atoms with E-state index < -0.39 is 0 Å². The zero-order chi connectivity index (χ0) is 11.4. The van der Waals surface area contributed by atoms with Gasteiger partial charge in [-0.3, -0.25) is 4.79 Å². The predicted molar refractivity (Wildman–Crippen MR) is 69.5 cm³/mol. The Kier molecular flexibility index (Phi) is 5.70. The van der Waals surface area contributed by atoms with E-state index in [0.717, 1.165) is 38.8 Å². The molecule has 2 fully saturated rings. The van der Waals surface area contributed by atoms with Gasteiger partial charge < -0.3 is 15.4 Å². The minimum atomic E-state index is -0.135. The molecule has 17 heavy (non-hydrogen) atoms. The molecular weight excluding hydrogens is 240 g/mol. The molecule has 2 atom stereocenters. The minimum Gasteiger partial charge on any atom is -0.373 e. The van der Waals surface area contributed by atoms with Crippen LogP contribution in [0.3, 0.4) is 0 Å². The van der Waals surface area contributed by atoms with Gasteiger partial charge in [-0.2, -0.15) is 0 Å². The van der Waals surface area contributed by atoms with Crippen LogP contribution in [-0.2, 0) is 9.53 Å². The van der Waals surface area contributed by atoms with Crippen molar-refractivity contribution in [1.82, 2.24) is 10.6 Å². The standard InChI is InChI=1S/C12H22N2O2.ClH/c1-12(6-4-8-16-12)9-14-11(15)10-5-2-3-7-13-10;/h10,13H,2-9H2,1H3,(H,14,15);1H/t10-,12?;/m0./s1. The molecule has 1 unspecified atom stereocenters. The largest absolute Gasteiger partial charge is 0.373 e. The number of piperidine rings is 1. The third-order valence-corrected chi connectivity index (χ3v) is 3.56. The topological polar surface area (TPSA) is 50.4 Å². The summed E-state index contributed by atoms with van der Waals surface area (Å²) in [6, 6.07) is 0.0127. The number of hydrogen-bond acceptors (Lipinski definition) is 3. The van der Waals surface area contributed by atoms with E-state index in [9.17, 15) is 4.79 Å². The van der Waals surface area contributed by atoms with Crippen LogP contribution in [0.25, 0.3) is 0 Å². The van der Waals surface area contributed by atoms with Gasteiger partial charge in [0, 0.05) is 13.2 Å². The zero-order valence-electron chi connectivity index (χ0n) is 10.5. The van der Waals surface area contributed by atoms with Crippen LogP contribution < -0.4 is 10.6 Å². The van der Waals surface area contributed by atoms with Gasteiger partial charge in [0.2, 0.25) is 5.91 Å². The highest BCUT2D eigenvalue weighted by molar-refractivity contribution is 5.85. The lowest BCUT2D eigenvalue weighted by atomic mass is 10.0. The van der Waals surface area contributed by atoms with E-state index >= 15 is 0 Å². The average molecular weight is 263 g/mol. The van der Waals surface area contributed by atoms with Crippen LogP contribution in [-0.4, -0.2) is 37.2 Å². The fourth-order valence-electron chi connectivity index (χ4n) is 2.45. The second-order valence-electron chi connectivity index (χ2n) is 5.12. The molecule has 100 valence electrons. The first-order valence-electron chi connectivity index (χ1n) is 6.35. The van der Waals surface area contributed by atoms with Crippen molar-refractivity contribution in [2.75, 3.05) is 19.7 Å². The fraction of sp³-hybridized carbons (Fsp3) is 0.917. The summed E-state index contributed by atoms with van der Waals surface area (Å²) in [5.41, 5.74) is -0.135. The molecule has 0 radical (unpaired) electrons. The van der Waals surface area contributed by atoms with Gasteiger partial charge in [0.25, 0.3) is 0 Å². The van der Waals surface area contributed by atoms with Crippen molar-refractivity contribution in [3.05, 3.63) is 0 Å². The van der Waals surface area contributed by atoms with Crippen LogP contribution in [0.4, 0.5) is 0 Å². The summed E-state index contributed by atoms with van der Waals surface area (Å²) in [5.74, 6) is 0.136. The molecular formula is C12H23ClN2O2. The predicted octanol–water partition coefficient (Wildman–Crippen LogP) is 1.24. The lowest BCUT2D eigenvalue weighted by Crippen LogP contribution is -2.50. The first-order valence-corrected chi connectivity index (χ1v) is 6.35. The second-order valence-corrected chi connectivity index (χ2v) is 5.12. The first kappa shape index (κ1) is 14.7. The van der Waals surface area contributed by atoms with Crippen molar-refractivity contribution in [3.8, 4) is 0 Å². The van der Waals surface area contributed by atoms with Crippen molar-refractivity contribution in [1.29, 1.82) is 0 Å². The number of carbonyl (C=O) groups is 1. The monoisotopic (exact) mass is 262 g/mol. The molecule has 0 aliphatic carbocycles. The van der Waals surface area contributed by atoms with Crippen LogP contribution >= 0.6 is 12.4 Å². The van der Waals surface area contributed by atoms with Crippen LogP contribution in [0.5, 0.6) is 0 Å². The number of carbonyl (C=O) groups excluding carboxylic acids is 1. The molecule has 5 heteroatoms. The summed E-state index contributed by atoms with van der Waals surface area (Å²) in [4.78, 5) is 11.9. The molecule has 0 saturated carbocycles. The molecule has 2 rings (SSSR count). The SMILES string of the molecule is CC1(CNC(=O)[C@@H]2CCCCN2)CCCO1.Cl. The van der Waals surface area contributed by atoms with E-state index in [1.54, 1.807) is 0 Å². The fourth-order valence-corrected chi connectivity index (χ4v) is 2.45. The third-order valence-electron chi connectivity index (χ3n) is 3.56. The Labute approximate surface area is 109 Å². The molecule has 0 aromatic carbocycles. The lowest BCUT2D eigenvalue weighted by Gasteiger charge is -2.27. The lowest BCUT2D eigenvalue weighted by molar-refractivity contribution is -0.124. The van der Waals surface area contributed by atoms with Crippen LogP contribution in [0, 0.1) is 0 Å². The quantitative estimate of drug-likeness (QED) is 0.805. The maximum atomic E-state index is 11.9. The molecule has 0 bridgehead atoms. The van der Waals surface area contributed by atoms with Gasteiger partial charge in [0.15, 0.2) is 0 Å². The highest BCUT2D eigenvalue weighted by Gasteiger charge is 2.31. The van der Waals surface area contributed by atoms with Gasteiger partial charge >= 0.3 is 0 Å². The smallest absolute Gasteiger partial charge is 0.237 e. The number of nitrogens with one attached hydrogen (secondary N) is 2. The van der Waals surface area contributed by atoms with Gasteiger partial charge in [0.05, 0.1) is 11.6 Å². The van der Waals surface area contributed by atoms with Gasteiger partial charge in [-0.05, 0) is 39.2 Å². The summed E-state index contributed by atoms with van der Waals surface area (Å²) in [6.07, 6.45) is 5.45. The van der Waals surface area contributed by atoms with Crippen LogP contribution in [0.2, 0.25) is 0 Å². The zero-order valence-corrected chi connectivity index (χ0v) is 11.3. The van der Waals surface area contributed by atoms with Gasteiger partial charge in [0.1, 0.15) is 0 Å². The van der Waals surface area contributed by atoms with E-state index in [2.05, 4.69) is 17.6 Å². The summed E-state index contributed by atoms with van der Waals surface area (Å²) in [7, 11) is 0. The summed E-state index contributed by atoms with van der Waals surface area (Å²) < 4.78 is 5.64. The number of amides is 1. The Morgan fingerprint density at radius 3 is 2.88 bits per heavy atom. The van der Waals surface area contributed by atoms with E-state index in [1.165, 1.54) is 6.42 Å². The Balaban J connectivity index is 0.00000144. The maximum absolute atomic E-state index is 11.9. The first-order chi connectivity index (χ1) is 7.70. The highest BCUT2D eigenvalue weighted by atomic mass is 35.5. The number of hydrogen-bond donors (Lipinski definition) is 2. The molecule has 2 saturated heterocycles. The van der Waals surface area contributed by atoms with Crippen molar-refractivity contribution in [3.63, 3.8) is 0 Å². The van der Waals surface area contributed by atoms with Crippen LogP contribution in [0.15, 0.2) is 0 Å². The normalized spacial score (nSPS) is 32.9. The Morgan fingerprint density at radius 2 is 2.29 bits per heavy atom. The number of rotatable bonds is 3. The molecule has 2 heterocycles. The molecule has 4 nitrogen and oxygen atoms in total. The Hall–Kier alpha value is -0.320. The van der Waals surface area contributed by atoms with E-state index in [1.807, 2.05) is 0 Å². The van der Waals surface area contributed by atoms with Gasteiger partial charge in [-0.1, -0.05) is 6.42 Å². The van der Waals surface area contributed by atoms with Crippen LogP contribution in [0.1, 0.15) is 39.0 Å². The number of ether oxygens (including phenoxy) is 1. The number of halogens is 1.